The topological polar surface area (TPSA) is 75.8 Å². The third kappa shape index (κ3) is 4.86. The van der Waals surface area contributed by atoms with Crippen molar-refractivity contribution in [1.82, 2.24) is 20.1 Å². The van der Waals surface area contributed by atoms with Crippen LogP contribution >= 0.6 is 24.0 Å². The number of aromatic nitrogens is 3. The van der Waals surface area contributed by atoms with Gasteiger partial charge in [0.15, 0.2) is 10.6 Å². The lowest BCUT2D eigenvalue weighted by Gasteiger charge is -2.08. The number of nitrogens with zero attached hydrogens (tertiary/aromatic N) is 2. The van der Waals surface area contributed by atoms with Gasteiger partial charge in [-0.3, -0.25) is 14.5 Å². The number of nitrogens with one attached hydrogen (secondary N) is 2. The molecule has 0 radical (unpaired) electrons. The van der Waals surface area contributed by atoms with E-state index < -0.39 is 0 Å². The van der Waals surface area contributed by atoms with Crippen LogP contribution in [0.5, 0.6) is 0 Å². The predicted molar refractivity (Wildman–Crippen MR) is 105 cm³/mol. The number of aryl methyl sites for hydroxylation is 1. The maximum atomic E-state index is 12.2. The molecule has 136 valence electrons. The lowest BCUT2D eigenvalue weighted by molar-refractivity contribution is -0.121. The van der Waals surface area contributed by atoms with E-state index >= 15 is 0 Å². The molecule has 0 aliphatic carbocycles. The molecule has 3 rings (SSSR count). The fraction of sp³-hybridized carbons (Fsp3) is 0.278. The summed E-state index contributed by atoms with van der Waals surface area (Å²) in [5.74, 6) is 3.13. The van der Waals surface area contributed by atoms with Crippen LogP contribution < -0.4 is 5.32 Å². The Morgan fingerprint density at radius 1 is 1.35 bits per heavy atom. The number of carbonyl (C=O) groups excluding carboxylic acids is 1. The maximum absolute atomic E-state index is 12.2. The fourth-order valence-electron chi connectivity index (χ4n) is 2.42. The molecule has 0 unspecified atom stereocenters. The molecule has 2 aromatic heterocycles. The number of hydrogen-bond donors (Lipinski definition) is 2. The summed E-state index contributed by atoms with van der Waals surface area (Å²) < 4.78 is 7.42. The summed E-state index contributed by atoms with van der Waals surface area (Å²) in [5.41, 5.74) is 2.09. The number of aromatic amines is 1. The van der Waals surface area contributed by atoms with Gasteiger partial charge in [-0.15, -0.1) is 0 Å². The number of amides is 1. The average molecular weight is 389 g/mol. The molecule has 2 heterocycles. The van der Waals surface area contributed by atoms with E-state index in [4.69, 9.17) is 16.6 Å². The summed E-state index contributed by atoms with van der Waals surface area (Å²) in [6.07, 6.45) is 1.66. The van der Waals surface area contributed by atoms with E-state index in [1.165, 1.54) is 5.56 Å². The third-order valence-electron chi connectivity index (χ3n) is 3.76. The van der Waals surface area contributed by atoms with Gasteiger partial charge in [0.25, 0.3) is 0 Å². The maximum Gasteiger partial charge on any atom is 0.240 e. The quantitative estimate of drug-likeness (QED) is 0.456. The molecule has 3 aromatic rings. The zero-order chi connectivity index (χ0) is 18.4. The zero-order valence-electron chi connectivity index (χ0n) is 14.4. The van der Waals surface area contributed by atoms with Gasteiger partial charge in [0.1, 0.15) is 12.3 Å². The van der Waals surface area contributed by atoms with Crippen LogP contribution in [0.2, 0.25) is 0 Å². The Kier molecular flexibility index (Phi) is 6.30. The minimum Gasteiger partial charge on any atom is -0.468 e. The first kappa shape index (κ1) is 18.5. The van der Waals surface area contributed by atoms with Gasteiger partial charge in [0.2, 0.25) is 5.91 Å². The number of furan rings is 1. The highest BCUT2D eigenvalue weighted by Gasteiger charge is 2.12. The Morgan fingerprint density at radius 2 is 2.15 bits per heavy atom. The normalized spacial score (nSPS) is 10.8. The lowest BCUT2D eigenvalue weighted by Crippen LogP contribution is -2.29. The Bertz CT molecular complexity index is 898. The van der Waals surface area contributed by atoms with Gasteiger partial charge >= 0.3 is 0 Å². The van der Waals surface area contributed by atoms with E-state index in [0.29, 0.717) is 17.1 Å². The van der Waals surface area contributed by atoms with E-state index in [-0.39, 0.29) is 12.5 Å². The van der Waals surface area contributed by atoms with E-state index in [0.717, 1.165) is 22.8 Å². The van der Waals surface area contributed by atoms with Crippen LogP contribution in [0.3, 0.4) is 0 Å². The largest absolute Gasteiger partial charge is 0.468 e. The second-order valence-corrected chi connectivity index (χ2v) is 7.28. The summed E-state index contributed by atoms with van der Waals surface area (Å²) in [6.45, 7) is 2.76. The SMILES string of the molecule is Cc1ccc(-c2n[nH]c(=S)n2CC(=O)NCCSCc2ccco2)cc1. The van der Waals surface area contributed by atoms with Crippen LogP contribution in [0.1, 0.15) is 11.3 Å². The summed E-state index contributed by atoms with van der Waals surface area (Å²) in [6, 6.07) is 11.8. The molecule has 0 fully saturated rings. The van der Waals surface area contributed by atoms with Crippen LogP contribution in [0.25, 0.3) is 11.4 Å². The Morgan fingerprint density at radius 3 is 2.88 bits per heavy atom. The molecule has 0 spiro atoms. The second-order valence-electron chi connectivity index (χ2n) is 5.79. The monoisotopic (exact) mass is 388 g/mol. The summed E-state index contributed by atoms with van der Waals surface area (Å²) in [4.78, 5) is 12.2. The fourth-order valence-corrected chi connectivity index (χ4v) is 3.37. The number of H-pyrrole nitrogens is 1. The molecule has 0 saturated carbocycles. The molecule has 8 heteroatoms. The van der Waals surface area contributed by atoms with Crippen molar-refractivity contribution in [2.24, 2.45) is 0 Å². The molecule has 26 heavy (non-hydrogen) atoms. The lowest BCUT2D eigenvalue weighted by atomic mass is 10.1. The smallest absolute Gasteiger partial charge is 0.240 e. The van der Waals surface area contributed by atoms with Crippen molar-refractivity contribution in [2.45, 2.75) is 19.2 Å². The molecule has 6 nitrogen and oxygen atoms in total. The van der Waals surface area contributed by atoms with Crippen molar-refractivity contribution in [3.8, 4) is 11.4 Å². The average Bonchev–Trinajstić information content (AvgIpc) is 3.26. The predicted octanol–water partition coefficient (Wildman–Crippen LogP) is 3.56. The molecule has 0 aliphatic heterocycles. The molecule has 2 N–H and O–H groups in total. The van der Waals surface area contributed by atoms with Crippen molar-refractivity contribution in [3.05, 3.63) is 58.8 Å². The van der Waals surface area contributed by atoms with Crippen molar-refractivity contribution >= 4 is 29.9 Å². The summed E-state index contributed by atoms with van der Waals surface area (Å²) in [5, 5.41) is 9.94. The first-order chi connectivity index (χ1) is 12.6. The Hall–Kier alpha value is -2.32. The Labute approximate surface area is 161 Å². The van der Waals surface area contributed by atoms with Crippen LogP contribution in [-0.4, -0.2) is 33.0 Å². The second kappa shape index (κ2) is 8.86. The molecule has 0 bridgehead atoms. The molecule has 1 aromatic carbocycles. The molecule has 0 atom stereocenters. The minimum absolute atomic E-state index is 0.0885. The highest BCUT2D eigenvalue weighted by molar-refractivity contribution is 7.98. The summed E-state index contributed by atoms with van der Waals surface area (Å²) in [7, 11) is 0. The van der Waals surface area contributed by atoms with Crippen molar-refractivity contribution < 1.29 is 9.21 Å². The first-order valence-electron chi connectivity index (χ1n) is 8.22. The molecular formula is C18H20N4O2S2. The van der Waals surface area contributed by atoms with Gasteiger partial charge in [-0.1, -0.05) is 29.8 Å². The standard InChI is InChI=1S/C18H20N4O2S2/c1-13-4-6-14(7-5-13)17-20-21-18(25)22(17)11-16(23)19-8-10-26-12-15-3-2-9-24-15/h2-7,9H,8,10-12H2,1H3,(H,19,23)(H,21,25). The summed E-state index contributed by atoms with van der Waals surface area (Å²) >= 11 is 6.98. The highest BCUT2D eigenvalue weighted by atomic mass is 32.2. The molecule has 0 saturated heterocycles. The van der Waals surface area contributed by atoms with Crippen LogP contribution in [-0.2, 0) is 17.1 Å². The van der Waals surface area contributed by atoms with Crippen LogP contribution in [0.15, 0.2) is 47.1 Å². The number of hydrogen-bond acceptors (Lipinski definition) is 5. The number of rotatable bonds is 8. The van der Waals surface area contributed by atoms with Crippen molar-refractivity contribution in [2.75, 3.05) is 12.3 Å². The number of thioether (sulfide) groups is 1. The van der Waals surface area contributed by atoms with Crippen LogP contribution in [0, 0.1) is 11.7 Å². The van der Waals surface area contributed by atoms with Crippen molar-refractivity contribution in [1.29, 1.82) is 0 Å². The van der Waals surface area contributed by atoms with Crippen molar-refractivity contribution in [3.63, 3.8) is 0 Å². The van der Waals surface area contributed by atoms with Gasteiger partial charge in [-0.2, -0.15) is 16.9 Å². The number of benzene rings is 1. The van der Waals surface area contributed by atoms with Crippen LogP contribution in [0.4, 0.5) is 0 Å². The van der Waals surface area contributed by atoms with Gasteiger partial charge in [0.05, 0.1) is 12.0 Å². The highest BCUT2D eigenvalue weighted by Crippen LogP contribution is 2.17. The third-order valence-corrected chi connectivity index (χ3v) is 5.06. The number of carbonyl (C=O) groups is 1. The first-order valence-corrected chi connectivity index (χ1v) is 9.79. The molecule has 1 amide bonds. The van der Waals surface area contributed by atoms with E-state index in [9.17, 15) is 4.79 Å². The van der Waals surface area contributed by atoms with E-state index in [2.05, 4.69) is 15.5 Å². The van der Waals surface area contributed by atoms with Gasteiger partial charge in [-0.25, -0.2) is 0 Å². The molecular weight excluding hydrogens is 368 g/mol. The van der Waals surface area contributed by atoms with E-state index in [1.54, 1.807) is 22.6 Å². The molecule has 0 aliphatic rings. The van der Waals surface area contributed by atoms with Gasteiger partial charge in [-0.05, 0) is 31.3 Å². The van der Waals surface area contributed by atoms with Gasteiger partial charge < -0.3 is 9.73 Å². The van der Waals surface area contributed by atoms with E-state index in [1.807, 2.05) is 43.3 Å². The zero-order valence-corrected chi connectivity index (χ0v) is 16.0. The van der Waals surface area contributed by atoms with Gasteiger partial charge in [0, 0.05) is 17.9 Å². The Balaban J connectivity index is 1.52. The minimum atomic E-state index is -0.0885.